The van der Waals surface area contributed by atoms with Crippen molar-refractivity contribution in [1.82, 2.24) is 5.32 Å². The minimum atomic E-state index is -1.56. The molecule has 1 fully saturated rings. The van der Waals surface area contributed by atoms with E-state index in [0.717, 1.165) is 38.5 Å². The second-order valence-corrected chi connectivity index (χ2v) is 14.4. The molecule has 9 heteroatoms. The Bertz CT molecular complexity index is 781. The van der Waals surface area contributed by atoms with E-state index in [4.69, 9.17) is 9.47 Å². The zero-order valence-corrected chi connectivity index (χ0v) is 31.5. The quantitative estimate of drug-likeness (QED) is 0.0307. The highest BCUT2D eigenvalue weighted by Crippen LogP contribution is 2.22. The van der Waals surface area contributed by atoms with Gasteiger partial charge >= 0.3 is 0 Å². The van der Waals surface area contributed by atoms with Crippen LogP contribution in [0.4, 0.5) is 0 Å². The van der Waals surface area contributed by atoms with Crippen LogP contribution >= 0.6 is 0 Å². The SMILES string of the molecule is CCCCCCCCCCCCCC=C[C@@H](O)[C@H](CO[C@@H]1O[C@H](CO)[C@H](O)[C@H](O)[C@H]1O)NC(=O)CCCCCCCCCCCCCCC. The van der Waals surface area contributed by atoms with E-state index in [1.807, 2.05) is 6.08 Å². The van der Waals surface area contributed by atoms with E-state index in [0.29, 0.717) is 6.42 Å². The smallest absolute Gasteiger partial charge is 0.220 e. The first-order valence-corrected chi connectivity index (χ1v) is 20.4. The summed E-state index contributed by atoms with van der Waals surface area (Å²) >= 11 is 0. The number of hydrogen-bond donors (Lipinski definition) is 6. The van der Waals surface area contributed by atoms with Gasteiger partial charge in [-0.05, 0) is 19.3 Å². The number of aliphatic hydroxyl groups excluding tert-OH is 5. The number of carbonyl (C=O) groups is 1. The lowest BCUT2D eigenvalue weighted by Crippen LogP contribution is -2.60. The molecule has 0 saturated carbocycles. The molecule has 1 heterocycles. The van der Waals surface area contributed by atoms with Crippen molar-refractivity contribution >= 4 is 5.91 Å². The van der Waals surface area contributed by atoms with Gasteiger partial charge in [-0.3, -0.25) is 4.79 Å². The van der Waals surface area contributed by atoms with E-state index < -0.39 is 49.5 Å². The highest BCUT2D eigenvalue weighted by molar-refractivity contribution is 5.76. The molecule has 0 unspecified atom stereocenters. The normalized spacial score (nSPS) is 22.5. The summed E-state index contributed by atoms with van der Waals surface area (Å²) in [6.07, 6.45) is 26.7. The first-order chi connectivity index (χ1) is 23.8. The van der Waals surface area contributed by atoms with Gasteiger partial charge in [0, 0.05) is 6.42 Å². The zero-order valence-electron chi connectivity index (χ0n) is 31.5. The Morgan fingerprint density at radius 1 is 0.673 bits per heavy atom. The van der Waals surface area contributed by atoms with Crippen molar-refractivity contribution in [3.05, 3.63) is 12.2 Å². The average Bonchev–Trinajstić information content (AvgIpc) is 3.10. The molecule has 0 aromatic heterocycles. The first-order valence-electron chi connectivity index (χ1n) is 20.4. The first kappa shape index (κ1) is 46.0. The Morgan fingerprint density at radius 3 is 1.59 bits per heavy atom. The molecule has 0 aliphatic carbocycles. The van der Waals surface area contributed by atoms with E-state index in [1.165, 1.54) is 122 Å². The van der Waals surface area contributed by atoms with Gasteiger partial charge in [0.25, 0.3) is 0 Å². The van der Waals surface area contributed by atoms with Gasteiger partial charge in [-0.1, -0.05) is 167 Å². The van der Waals surface area contributed by atoms with Crippen LogP contribution in [0.25, 0.3) is 0 Å². The number of unbranched alkanes of at least 4 members (excludes halogenated alkanes) is 23. The van der Waals surface area contributed by atoms with Gasteiger partial charge in [0.05, 0.1) is 25.4 Å². The molecule has 0 aromatic carbocycles. The fourth-order valence-electron chi connectivity index (χ4n) is 6.51. The van der Waals surface area contributed by atoms with E-state index >= 15 is 0 Å². The number of aliphatic hydroxyl groups is 5. The molecular weight excluding hydrogens is 622 g/mol. The molecule has 0 radical (unpaired) electrons. The monoisotopic (exact) mass is 700 g/mol. The molecule has 0 bridgehead atoms. The molecule has 1 saturated heterocycles. The summed E-state index contributed by atoms with van der Waals surface area (Å²) in [5, 5.41) is 53.9. The van der Waals surface area contributed by atoms with Crippen LogP contribution in [0.3, 0.4) is 0 Å². The fourth-order valence-corrected chi connectivity index (χ4v) is 6.51. The van der Waals surface area contributed by atoms with Gasteiger partial charge in [-0.2, -0.15) is 0 Å². The average molecular weight is 700 g/mol. The standard InChI is InChI=1S/C40H77NO8/c1-3-5-7-9-11-13-15-17-19-21-23-25-27-29-34(43)33(32-48-40-39(47)38(46)37(45)35(31-42)49-40)41-36(44)30-28-26-24-22-20-18-16-14-12-10-8-6-4-2/h27,29,33-35,37-40,42-43,45-47H,3-26,28,30-32H2,1-2H3,(H,41,44)/t33-,34+,35+,37-,38-,39+,40+/m0/s1. The fraction of sp³-hybridized carbons (Fsp3) is 0.925. The van der Waals surface area contributed by atoms with Crippen molar-refractivity contribution in [3.63, 3.8) is 0 Å². The van der Waals surface area contributed by atoms with Crippen molar-refractivity contribution in [1.29, 1.82) is 0 Å². The minimum Gasteiger partial charge on any atom is -0.394 e. The van der Waals surface area contributed by atoms with Crippen molar-refractivity contribution in [2.24, 2.45) is 0 Å². The summed E-state index contributed by atoms with van der Waals surface area (Å²) < 4.78 is 11.2. The molecule has 1 aliphatic heterocycles. The van der Waals surface area contributed by atoms with Crippen LogP contribution in [-0.2, 0) is 14.3 Å². The maximum Gasteiger partial charge on any atom is 0.220 e. The van der Waals surface area contributed by atoms with Crippen molar-refractivity contribution in [3.8, 4) is 0 Å². The summed E-state index contributed by atoms with van der Waals surface area (Å²) in [4.78, 5) is 12.9. The number of amides is 1. The van der Waals surface area contributed by atoms with Crippen molar-refractivity contribution < 1.29 is 39.8 Å². The molecule has 0 spiro atoms. The summed E-state index contributed by atoms with van der Waals surface area (Å²) in [6, 6.07) is -0.796. The third kappa shape index (κ3) is 23.2. The maximum absolute atomic E-state index is 12.9. The number of allylic oxidation sites excluding steroid dienone is 1. The molecular formula is C40H77NO8. The Hall–Kier alpha value is -1.07. The van der Waals surface area contributed by atoms with Gasteiger partial charge in [0.15, 0.2) is 6.29 Å². The zero-order chi connectivity index (χ0) is 36.0. The van der Waals surface area contributed by atoms with Crippen LogP contribution in [-0.4, -0.2) is 87.5 Å². The van der Waals surface area contributed by atoms with Gasteiger partial charge in [-0.25, -0.2) is 0 Å². The molecule has 290 valence electrons. The van der Waals surface area contributed by atoms with Crippen LogP contribution in [0.1, 0.15) is 181 Å². The molecule has 9 nitrogen and oxygen atoms in total. The number of rotatable bonds is 33. The van der Waals surface area contributed by atoms with Gasteiger partial charge in [0.2, 0.25) is 5.91 Å². The molecule has 1 aliphatic rings. The number of carbonyl (C=O) groups excluding carboxylic acids is 1. The Morgan fingerprint density at radius 2 is 1.12 bits per heavy atom. The Kier molecular flexibility index (Phi) is 29.7. The lowest BCUT2D eigenvalue weighted by Gasteiger charge is -2.40. The number of ether oxygens (including phenoxy) is 2. The van der Waals surface area contributed by atoms with Crippen LogP contribution in [0.15, 0.2) is 12.2 Å². The molecule has 0 aromatic rings. The van der Waals surface area contributed by atoms with Gasteiger partial charge < -0.3 is 40.3 Å². The van der Waals surface area contributed by atoms with E-state index in [-0.39, 0.29) is 12.5 Å². The Labute approximate surface area is 299 Å². The van der Waals surface area contributed by atoms with Gasteiger partial charge in [-0.15, -0.1) is 0 Å². The summed E-state index contributed by atoms with van der Waals surface area (Å²) in [7, 11) is 0. The van der Waals surface area contributed by atoms with Gasteiger partial charge in [0.1, 0.15) is 24.4 Å². The summed E-state index contributed by atoms with van der Waals surface area (Å²) in [5.41, 5.74) is 0. The second kappa shape index (κ2) is 31.6. The number of hydrogen-bond acceptors (Lipinski definition) is 8. The topological polar surface area (TPSA) is 149 Å². The molecule has 49 heavy (non-hydrogen) atoms. The van der Waals surface area contributed by atoms with Crippen LogP contribution < -0.4 is 5.32 Å². The van der Waals surface area contributed by atoms with E-state index in [2.05, 4.69) is 19.2 Å². The summed E-state index contributed by atoms with van der Waals surface area (Å²) in [6.45, 7) is 3.75. The molecule has 7 atom stereocenters. The molecule has 6 N–H and O–H groups in total. The minimum absolute atomic E-state index is 0.178. The molecule has 1 rings (SSSR count). The summed E-state index contributed by atoms with van der Waals surface area (Å²) in [5.74, 6) is -0.178. The maximum atomic E-state index is 12.9. The molecule has 1 amide bonds. The predicted molar refractivity (Wildman–Crippen MR) is 198 cm³/mol. The third-order valence-corrected chi connectivity index (χ3v) is 9.86. The third-order valence-electron chi connectivity index (χ3n) is 9.86. The van der Waals surface area contributed by atoms with Crippen LogP contribution in [0.2, 0.25) is 0 Å². The van der Waals surface area contributed by atoms with Crippen LogP contribution in [0, 0.1) is 0 Å². The number of nitrogens with one attached hydrogen (secondary N) is 1. The predicted octanol–water partition coefficient (Wildman–Crippen LogP) is 7.39. The second-order valence-electron chi connectivity index (χ2n) is 14.4. The van der Waals surface area contributed by atoms with E-state index in [1.54, 1.807) is 6.08 Å². The van der Waals surface area contributed by atoms with Crippen molar-refractivity contribution in [2.45, 2.75) is 224 Å². The Balaban J connectivity index is 2.43. The van der Waals surface area contributed by atoms with E-state index in [9.17, 15) is 30.3 Å². The largest absolute Gasteiger partial charge is 0.394 e. The highest BCUT2D eigenvalue weighted by Gasteiger charge is 2.44. The lowest BCUT2D eigenvalue weighted by atomic mass is 9.99. The lowest BCUT2D eigenvalue weighted by molar-refractivity contribution is -0.302. The highest BCUT2D eigenvalue weighted by atomic mass is 16.7. The van der Waals surface area contributed by atoms with Crippen molar-refractivity contribution in [2.75, 3.05) is 13.2 Å². The van der Waals surface area contributed by atoms with Crippen LogP contribution in [0.5, 0.6) is 0 Å².